The Kier molecular flexibility index (Phi) is 9.55. The van der Waals surface area contributed by atoms with Crippen LogP contribution in [-0.2, 0) is 26.0 Å². The fraction of sp³-hybridized carbons (Fsp3) is 0.391. The second kappa shape index (κ2) is 11.9. The Hall–Kier alpha value is -2.78. The van der Waals surface area contributed by atoms with Crippen LogP contribution in [0.25, 0.3) is 0 Å². The molecule has 33 heavy (non-hydrogen) atoms. The molecule has 180 valence electrons. The van der Waals surface area contributed by atoms with Gasteiger partial charge in [0.25, 0.3) is 0 Å². The molecule has 1 N–H and O–H groups in total. The number of benzene rings is 2. The summed E-state index contributed by atoms with van der Waals surface area (Å²) >= 11 is 6.09. The van der Waals surface area contributed by atoms with Crippen molar-refractivity contribution < 1.29 is 22.7 Å². The van der Waals surface area contributed by atoms with Crippen LogP contribution in [0.5, 0.6) is 5.75 Å². The summed E-state index contributed by atoms with van der Waals surface area (Å²) in [5.41, 5.74) is 1.14. The maximum atomic E-state index is 13.4. The molecule has 2 amide bonds. The lowest BCUT2D eigenvalue weighted by Crippen LogP contribution is -2.52. The molecule has 0 aromatic heterocycles. The van der Waals surface area contributed by atoms with Gasteiger partial charge in [-0.05, 0) is 44.0 Å². The highest BCUT2D eigenvalue weighted by Crippen LogP contribution is 2.32. The average Bonchev–Trinajstić information content (AvgIpc) is 2.77. The molecule has 2 aromatic rings. The number of carbonyl (C=O) groups is 2. The minimum absolute atomic E-state index is 0.148. The molecule has 8 nitrogen and oxygen atoms in total. The number of ether oxygens (including phenoxy) is 1. The Morgan fingerprint density at radius 3 is 2.39 bits per heavy atom. The molecule has 0 radical (unpaired) electrons. The van der Waals surface area contributed by atoms with Crippen molar-refractivity contribution >= 4 is 39.1 Å². The van der Waals surface area contributed by atoms with Crippen LogP contribution >= 0.6 is 11.6 Å². The first-order valence-corrected chi connectivity index (χ1v) is 12.7. The first-order chi connectivity index (χ1) is 15.6. The first kappa shape index (κ1) is 26.5. The van der Waals surface area contributed by atoms with Crippen molar-refractivity contribution in [2.75, 3.05) is 37.3 Å². The maximum Gasteiger partial charge on any atom is 0.244 e. The van der Waals surface area contributed by atoms with E-state index in [2.05, 4.69) is 5.32 Å². The highest BCUT2D eigenvalue weighted by Gasteiger charge is 2.30. The summed E-state index contributed by atoms with van der Waals surface area (Å²) in [6, 6.07) is 13.3. The van der Waals surface area contributed by atoms with E-state index in [0.29, 0.717) is 18.0 Å². The van der Waals surface area contributed by atoms with Gasteiger partial charge in [-0.25, -0.2) is 8.42 Å². The molecule has 0 fully saturated rings. The zero-order valence-corrected chi connectivity index (χ0v) is 20.8. The van der Waals surface area contributed by atoms with Gasteiger partial charge in [0.2, 0.25) is 21.8 Å². The van der Waals surface area contributed by atoms with Gasteiger partial charge in [-0.15, -0.1) is 0 Å². The summed E-state index contributed by atoms with van der Waals surface area (Å²) < 4.78 is 31.5. The zero-order valence-electron chi connectivity index (χ0n) is 19.2. The number of anilines is 1. The summed E-state index contributed by atoms with van der Waals surface area (Å²) in [5.74, 6) is -0.576. The van der Waals surface area contributed by atoms with Gasteiger partial charge >= 0.3 is 0 Å². The first-order valence-electron chi connectivity index (χ1n) is 10.5. The second-order valence-corrected chi connectivity index (χ2v) is 9.82. The van der Waals surface area contributed by atoms with Gasteiger partial charge in [-0.1, -0.05) is 41.9 Å². The highest BCUT2D eigenvalue weighted by molar-refractivity contribution is 7.92. The van der Waals surface area contributed by atoms with Gasteiger partial charge < -0.3 is 15.0 Å². The number of hydrogen-bond acceptors (Lipinski definition) is 5. The SMILES string of the molecule is CCNC(=O)[C@@H](C)N(CCc1ccccc1)C(=O)CN(c1cc(Cl)ccc1OC)S(C)(=O)=O. The summed E-state index contributed by atoms with van der Waals surface area (Å²) in [6.45, 7) is 3.56. The van der Waals surface area contributed by atoms with E-state index in [0.717, 1.165) is 16.1 Å². The summed E-state index contributed by atoms with van der Waals surface area (Å²) in [4.78, 5) is 27.3. The lowest BCUT2D eigenvalue weighted by Gasteiger charge is -2.31. The van der Waals surface area contributed by atoms with Crippen LogP contribution in [-0.4, -0.2) is 64.2 Å². The molecular weight excluding hydrogens is 466 g/mol. The predicted molar refractivity (Wildman–Crippen MR) is 130 cm³/mol. The molecule has 0 saturated carbocycles. The van der Waals surface area contributed by atoms with Gasteiger partial charge in [0.05, 0.1) is 19.1 Å². The number of hydrogen-bond donors (Lipinski definition) is 1. The van der Waals surface area contributed by atoms with Crippen LogP contribution in [0.4, 0.5) is 5.69 Å². The lowest BCUT2D eigenvalue weighted by molar-refractivity contribution is -0.138. The number of amides is 2. The Labute approximate surface area is 200 Å². The molecule has 2 aromatic carbocycles. The number of nitrogens with zero attached hydrogens (tertiary/aromatic N) is 2. The fourth-order valence-corrected chi connectivity index (χ4v) is 4.36. The van der Waals surface area contributed by atoms with E-state index in [4.69, 9.17) is 16.3 Å². The van der Waals surface area contributed by atoms with Crippen LogP contribution in [0.2, 0.25) is 5.02 Å². The van der Waals surface area contributed by atoms with Crippen molar-refractivity contribution in [2.24, 2.45) is 0 Å². The monoisotopic (exact) mass is 495 g/mol. The number of nitrogens with one attached hydrogen (secondary N) is 1. The smallest absolute Gasteiger partial charge is 0.244 e. The van der Waals surface area contributed by atoms with E-state index < -0.39 is 28.5 Å². The predicted octanol–water partition coefficient (Wildman–Crippen LogP) is 2.71. The Morgan fingerprint density at radius 2 is 1.82 bits per heavy atom. The molecule has 0 aliphatic heterocycles. The van der Waals surface area contributed by atoms with Gasteiger partial charge in [0.15, 0.2) is 0 Å². The maximum absolute atomic E-state index is 13.4. The number of sulfonamides is 1. The number of rotatable bonds is 11. The average molecular weight is 496 g/mol. The van der Waals surface area contributed by atoms with E-state index in [1.807, 2.05) is 30.3 Å². The molecule has 0 bridgehead atoms. The van der Waals surface area contributed by atoms with Crippen molar-refractivity contribution in [1.82, 2.24) is 10.2 Å². The van der Waals surface area contributed by atoms with E-state index in [1.54, 1.807) is 19.9 Å². The number of likely N-dealkylation sites (N-methyl/N-ethyl adjacent to an activating group) is 1. The minimum atomic E-state index is -3.87. The standard InChI is InChI=1S/C23H30ClN3O5S/c1-5-25-23(29)17(2)26(14-13-18-9-7-6-8-10-18)22(28)16-27(33(4,30)31)20-15-19(24)11-12-21(20)32-3/h6-12,15,17H,5,13-14,16H2,1-4H3,(H,25,29)/t17-/m1/s1. The third-order valence-electron chi connectivity index (χ3n) is 5.09. The molecule has 0 aliphatic rings. The zero-order chi connectivity index (χ0) is 24.6. The lowest BCUT2D eigenvalue weighted by atomic mass is 10.1. The molecular formula is C23H30ClN3O5S. The van der Waals surface area contributed by atoms with Crippen LogP contribution in [0.3, 0.4) is 0 Å². The van der Waals surface area contributed by atoms with Gasteiger partial charge in [0, 0.05) is 18.1 Å². The van der Waals surface area contributed by atoms with Gasteiger partial charge in [-0.2, -0.15) is 0 Å². The molecule has 0 unspecified atom stereocenters. The Morgan fingerprint density at radius 1 is 1.15 bits per heavy atom. The summed E-state index contributed by atoms with van der Waals surface area (Å²) in [7, 11) is -2.47. The number of halogens is 1. The number of carbonyl (C=O) groups excluding carboxylic acids is 2. The molecule has 0 aliphatic carbocycles. The van der Waals surface area contributed by atoms with Crippen LogP contribution in [0.1, 0.15) is 19.4 Å². The largest absolute Gasteiger partial charge is 0.495 e. The Bertz CT molecular complexity index is 1060. The number of methoxy groups -OCH3 is 1. The minimum Gasteiger partial charge on any atom is -0.495 e. The summed E-state index contributed by atoms with van der Waals surface area (Å²) in [6.07, 6.45) is 1.51. The van der Waals surface area contributed by atoms with Crippen molar-refractivity contribution in [2.45, 2.75) is 26.3 Å². The molecule has 0 saturated heterocycles. The van der Waals surface area contributed by atoms with E-state index in [-0.39, 0.29) is 23.9 Å². The van der Waals surface area contributed by atoms with Gasteiger partial charge in [0.1, 0.15) is 18.3 Å². The van der Waals surface area contributed by atoms with E-state index in [9.17, 15) is 18.0 Å². The van der Waals surface area contributed by atoms with Crippen molar-refractivity contribution in [3.8, 4) is 5.75 Å². The summed E-state index contributed by atoms with van der Waals surface area (Å²) in [5, 5.41) is 3.01. The van der Waals surface area contributed by atoms with Crippen LogP contribution in [0, 0.1) is 0 Å². The molecule has 0 spiro atoms. The normalized spacial score (nSPS) is 12.0. The van der Waals surface area contributed by atoms with Crippen LogP contribution in [0.15, 0.2) is 48.5 Å². The topological polar surface area (TPSA) is 96.0 Å². The Balaban J connectivity index is 2.37. The molecule has 2 rings (SSSR count). The molecule has 10 heteroatoms. The van der Waals surface area contributed by atoms with Crippen molar-refractivity contribution in [3.63, 3.8) is 0 Å². The highest BCUT2D eigenvalue weighted by atomic mass is 35.5. The van der Waals surface area contributed by atoms with Crippen molar-refractivity contribution in [1.29, 1.82) is 0 Å². The molecule has 1 atom stereocenters. The van der Waals surface area contributed by atoms with Gasteiger partial charge in [-0.3, -0.25) is 13.9 Å². The van der Waals surface area contributed by atoms with Crippen LogP contribution < -0.4 is 14.4 Å². The fourth-order valence-electron chi connectivity index (χ4n) is 3.34. The second-order valence-electron chi connectivity index (χ2n) is 7.48. The van der Waals surface area contributed by atoms with Crippen molar-refractivity contribution in [3.05, 3.63) is 59.1 Å². The van der Waals surface area contributed by atoms with E-state index >= 15 is 0 Å². The van der Waals surface area contributed by atoms with E-state index in [1.165, 1.54) is 24.1 Å². The quantitative estimate of drug-likeness (QED) is 0.517. The third-order valence-corrected chi connectivity index (χ3v) is 6.45. The molecule has 0 heterocycles. The third kappa shape index (κ3) is 7.36.